The number of urea groups is 1. The first-order valence-electron chi connectivity index (χ1n) is 11.2. The molecule has 8 heteroatoms. The van der Waals surface area contributed by atoms with Crippen molar-refractivity contribution in [2.75, 3.05) is 34.5 Å². The lowest BCUT2D eigenvalue weighted by Gasteiger charge is -2.24. The van der Waals surface area contributed by atoms with Gasteiger partial charge in [-0.15, -0.1) is 0 Å². The van der Waals surface area contributed by atoms with E-state index in [4.69, 9.17) is 11.6 Å². The number of rotatable bonds is 7. The van der Waals surface area contributed by atoms with Gasteiger partial charge >= 0.3 is 6.03 Å². The van der Waals surface area contributed by atoms with Gasteiger partial charge in [0.15, 0.2) is 0 Å². The van der Waals surface area contributed by atoms with Gasteiger partial charge in [0.05, 0.1) is 11.7 Å². The van der Waals surface area contributed by atoms with Crippen molar-refractivity contribution < 1.29 is 4.79 Å². The smallest absolute Gasteiger partial charge is 0.332 e. The fourth-order valence-corrected chi connectivity index (χ4v) is 3.75. The van der Waals surface area contributed by atoms with Gasteiger partial charge < -0.3 is 15.5 Å². The standard InChI is InChI=1S/C27H27ClN6O/c1-19(20-8-5-4-6-9-20)30-26-29-17-16-25(32-26)34(24-14-12-23(13-15-24)33(2)3)27(35)31-22-11-7-10-21(28)18-22/h4-19H,1-3H3,(H,31,35)(H,29,30,32). The van der Waals surface area contributed by atoms with Crippen LogP contribution in [0.5, 0.6) is 0 Å². The average Bonchev–Trinajstić information content (AvgIpc) is 2.85. The first-order chi connectivity index (χ1) is 16.9. The Morgan fingerprint density at radius 3 is 2.31 bits per heavy atom. The summed E-state index contributed by atoms with van der Waals surface area (Å²) in [6.45, 7) is 2.04. The van der Waals surface area contributed by atoms with E-state index < -0.39 is 0 Å². The molecule has 0 fully saturated rings. The van der Waals surface area contributed by atoms with E-state index in [0.717, 1.165) is 11.3 Å². The number of carbonyl (C=O) groups excluding carboxylic acids is 1. The van der Waals surface area contributed by atoms with Gasteiger partial charge in [0, 0.05) is 42.8 Å². The third-order valence-electron chi connectivity index (χ3n) is 5.42. The lowest BCUT2D eigenvalue weighted by molar-refractivity contribution is 0.259. The van der Waals surface area contributed by atoms with E-state index in [-0.39, 0.29) is 12.1 Å². The molecule has 1 atom stereocenters. The minimum Gasteiger partial charge on any atom is -0.378 e. The number of nitrogens with zero attached hydrogens (tertiary/aromatic N) is 4. The number of benzene rings is 3. The molecule has 178 valence electrons. The molecule has 1 aromatic heterocycles. The number of halogens is 1. The molecule has 0 aliphatic carbocycles. The Hall–Kier alpha value is -4.10. The molecule has 4 rings (SSSR count). The van der Waals surface area contributed by atoms with Crippen molar-refractivity contribution >= 4 is 46.5 Å². The maximum atomic E-state index is 13.5. The number of hydrogen-bond acceptors (Lipinski definition) is 5. The topological polar surface area (TPSA) is 73.4 Å². The van der Waals surface area contributed by atoms with Crippen molar-refractivity contribution in [1.29, 1.82) is 0 Å². The van der Waals surface area contributed by atoms with Crippen molar-refractivity contribution in [3.63, 3.8) is 0 Å². The molecule has 0 spiro atoms. The summed E-state index contributed by atoms with van der Waals surface area (Å²) in [5.74, 6) is 0.851. The molecule has 0 saturated heterocycles. The summed E-state index contributed by atoms with van der Waals surface area (Å²) in [5, 5.41) is 6.77. The summed E-state index contributed by atoms with van der Waals surface area (Å²) in [6.07, 6.45) is 1.64. The van der Waals surface area contributed by atoms with Crippen LogP contribution in [0.15, 0.2) is 91.1 Å². The first kappa shape index (κ1) is 24.0. The number of amides is 2. The molecule has 4 aromatic rings. The number of hydrogen-bond donors (Lipinski definition) is 2. The Morgan fingerprint density at radius 1 is 0.914 bits per heavy atom. The number of aromatic nitrogens is 2. The molecule has 0 radical (unpaired) electrons. The molecular formula is C27H27ClN6O. The lowest BCUT2D eigenvalue weighted by Crippen LogP contribution is -2.31. The second kappa shape index (κ2) is 10.9. The first-order valence-corrected chi connectivity index (χ1v) is 11.6. The van der Waals surface area contributed by atoms with Crippen LogP contribution in [0, 0.1) is 0 Å². The number of nitrogens with one attached hydrogen (secondary N) is 2. The highest BCUT2D eigenvalue weighted by atomic mass is 35.5. The quantitative estimate of drug-likeness (QED) is 0.302. The maximum absolute atomic E-state index is 13.5. The van der Waals surface area contributed by atoms with Gasteiger partial charge in [0.2, 0.25) is 5.95 Å². The van der Waals surface area contributed by atoms with Gasteiger partial charge in [0.1, 0.15) is 5.82 Å². The van der Waals surface area contributed by atoms with Crippen molar-refractivity contribution in [3.8, 4) is 0 Å². The highest BCUT2D eigenvalue weighted by molar-refractivity contribution is 6.31. The lowest BCUT2D eigenvalue weighted by atomic mass is 10.1. The molecule has 2 N–H and O–H groups in total. The molecule has 7 nitrogen and oxygen atoms in total. The van der Waals surface area contributed by atoms with E-state index in [0.29, 0.717) is 28.2 Å². The van der Waals surface area contributed by atoms with Crippen LogP contribution in [0.2, 0.25) is 5.02 Å². The van der Waals surface area contributed by atoms with Crippen molar-refractivity contribution in [2.45, 2.75) is 13.0 Å². The molecule has 1 heterocycles. The highest BCUT2D eigenvalue weighted by Crippen LogP contribution is 2.28. The van der Waals surface area contributed by atoms with Crippen LogP contribution in [0.25, 0.3) is 0 Å². The molecule has 0 saturated carbocycles. The Balaban J connectivity index is 1.66. The highest BCUT2D eigenvalue weighted by Gasteiger charge is 2.21. The Labute approximate surface area is 210 Å². The molecule has 0 aliphatic heterocycles. The maximum Gasteiger partial charge on any atom is 0.332 e. The summed E-state index contributed by atoms with van der Waals surface area (Å²) < 4.78 is 0. The van der Waals surface area contributed by atoms with Crippen molar-refractivity contribution in [2.24, 2.45) is 0 Å². The molecule has 0 aliphatic rings. The van der Waals surface area contributed by atoms with E-state index in [1.165, 1.54) is 4.90 Å². The van der Waals surface area contributed by atoms with Crippen molar-refractivity contribution in [1.82, 2.24) is 9.97 Å². The summed E-state index contributed by atoms with van der Waals surface area (Å²) in [5.41, 5.74) is 3.38. The SMILES string of the molecule is CC(Nc1nccc(N(C(=O)Nc2cccc(Cl)c2)c2ccc(N(C)C)cc2)n1)c1ccccc1. The Morgan fingerprint density at radius 2 is 1.63 bits per heavy atom. The van der Waals surface area contributed by atoms with E-state index in [1.807, 2.05) is 80.5 Å². The summed E-state index contributed by atoms with van der Waals surface area (Å²) in [7, 11) is 3.93. The van der Waals surface area contributed by atoms with Crippen LogP contribution in [-0.4, -0.2) is 30.1 Å². The second-order valence-electron chi connectivity index (χ2n) is 8.20. The zero-order chi connectivity index (χ0) is 24.8. The third-order valence-corrected chi connectivity index (χ3v) is 5.65. The second-order valence-corrected chi connectivity index (χ2v) is 8.64. The van der Waals surface area contributed by atoms with Crippen LogP contribution in [0.3, 0.4) is 0 Å². The van der Waals surface area contributed by atoms with Crippen LogP contribution >= 0.6 is 11.6 Å². The van der Waals surface area contributed by atoms with Crippen LogP contribution < -0.4 is 20.4 Å². The predicted octanol–water partition coefficient (Wildman–Crippen LogP) is 6.74. The molecule has 2 amide bonds. The normalized spacial score (nSPS) is 11.4. The minimum atomic E-state index is -0.370. The molecule has 0 bridgehead atoms. The van der Waals surface area contributed by atoms with E-state index >= 15 is 0 Å². The molecule has 3 aromatic carbocycles. The van der Waals surface area contributed by atoms with Crippen LogP contribution in [0.4, 0.5) is 33.6 Å². The van der Waals surface area contributed by atoms with Gasteiger partial charge in [-0.1, -0.05) is 48.0 Å². The van der Waals surface area contributed by atoms with E-state index in [9.17, 15) is 4.79 Å². The van der Waals surface area contributed by atoms with Gasteiger partial charge in [-0.3, -0.25) is 0 Å². The third kappa shape index (κ3) is 6.07. The van der Waals surface area contributed by atoms with E-state index in [2.05, 4.69) is 20.6 Å². The largest absolute Gasteiger partial charge is 0.378 e. The fraction of sp³-hybridized carbons (Fsp3) is 0.148. The minimum absolute atomic E-state index is 0.0143. The fourth-order valence-electron chi connectivity index (χ4n) is 3.56. The van der Waals surface area contributed by atoms with Crippen LogP contribution in [0.1, 0.15) is 18.5 Å². The van der Waals surface area contributed by atoms with Crippen LogP contribution in [-0.2, 0) is 0 Å². The van der Waals surface area contributed by atoms with Gasteiger partial charge in [0.25, 0.3) is 0 Å². The molecule has 35 heavy (non-hydrogen) atoms. The van der Waals surface area contributed by atoms with Gasteiger partial charge in [-0.05, 0) is 55.0 Å². The molecule has 1 unspecified atom stereocenters. The zero-order valence-corrected chi connectivity index (χ0v) is 20.6. The van der Waals surface area contributed by atoms with E-state index in [1.54, 1.807) is 36.5 Å². The van der Waals surface area contributed by atoms with Gasteiger partial charge in [-0.25, -0.2) is 14.7 Å². The Bertz CT molecular complexity index is 1280. The number of anilines is 5. The predicted molar refractivity (Wildman–Crippen MR) is 144 cm³/mol. The Kier molecular flexibility index (Phi) is 7.48. The average molecular weight is 487 g/mol. The summed E-state index contributed by atoms with van der Waals surface area (Å²) in [4.78, 5) is 26.0. The summed E-state index contributed by atoms with van der Waals surface area (Å²) in [6, 6.07) is 26.0. The number of carbonyl (C=O) groups is 1. The monoisotopic (exact) mass is 486 g/mol. The summed E-state index contributed by atoms with van der Waals surface area (Å²) >= 11 is 6.11. The van der Waals surface area contributed by atoms with Gasteiger partial charge in [-0.2, -0.15) is 4.98 Å². The molecular weight excluding hydrogens is 460 g/mol. The van der Waals surface area contributed by atoms with Crippen molar-refractivity contribution in [3.05, 3.63) is 102 Å². The zero-order valence-electron chi connectivity index (χ0n) is 19.8.